The normalized spacial score (nSPS) is 12.6. The minimum atomic E-state index is -0.765. The van der Waals surface area contributed by atoms with E-state index in [0.717, 1.165) is 0 Å². The van der Waals surface area contributed by atoms with Gasteiger partial charge in [0.1, 0.15) is 5.54 Å². The summed E-state index contributed by atoms with van der Waals surface area (Å²) in [4.78, 5) is 24.3. The van der Waals surface area contributed by atoms with Gasteiger partial charge in [0, 0.05) is 12.4 Å². The van der Waals surface area contributed by atoms with Crippen molar-refractivity contribution in [1.29, 1.82) is 0 Å². The molecule has 0 aliphatic rings. The van der Waals surface area contributed by atoms with E-state index in [4.69, 9.17) is 26.6 Å². The number of allylic oxidation sites excluding steroid dienone is 2. The van der Waals surface area contributed by atoms with Crippen LogP contribution in [-0.2, 0) is 10.3 Å². The van der Waals surface area contributed by atoms with E-state index in [2.05, 4.69) is 32.0 Å². The van der Waals surface area contributed by atoms with E-state index in [9.17, 15) is 4.79 Å². The van der Waals surface area contributed by atoms with Crippen LogP contribution in [0.5, 0.6) is 0 Å². The number of hydrogen-bond donors (Lipinski definition) is 2. The number of pyridine rings is 1. The molecule has 28 heavy (non-hydrogen) atoms. The predicted octanol–water partition coefficient (Wildman–Crippen LogP) is 2.66. The lowest BCUT2D eigenvalue weighted by molar-refractivity contribution is 0.0508. The highest BCUT2D eigenvalue weighted by atomic mass is 35.5. The van der Waals surface area contributed by atoms with Gasteiger partial charge in [0.05, 0.1) is 22.9 Å². The number of ether oxygens (including phenoxy) is 1. The van der Waals surface area contributed by atoms with E-state index < -0.39 is 11.5 Å². The molecule has 3 N–H and O–H groups in total. The molecule has 0 saturated carbocycles. The fraction of sp³-hybridized carbons (Fsp3) is 0.278. The topological polar surface area (TPSA) is 129 Å². The van der Waals surface area contributed by atoms with Crippen LogP contribution in [0.3, 0.4) is 0 Å². The van der Waals surface area contributed by atoms with Crippen molar-refractivity contribution in [3.8, 4) is 0 Å². The van der Waals surface area contributed by atoms with Gasteiger partial charge >= 0.3 is 5.97 Å². The summed E-state index contributed by atoms with van der Waals surface area (Å²) in [5, 5.41) is 6.89. The van der Waals surface area contributed by atoms with Crippen LogP contribution in [0, 0.1) is 0 Å². The summed E-state index contributed by atoms with van der Waals surface area (Å²) in [6.45, 7) is 9.23. The van der Waals surface area contributed by atoms with E-state index in [0.29, 0.717) is 16.3 Å². The minimum Gasteiger partial charge on any atom is -0.460 e. The predicted molar refractivity (Wildman–Crippen MR) is 105 cm³/mol. The first-order valence-corrected chi connectivity index (χ1v) is 8.73. The number of carbonyl (C=O) groups excluding carboxylic acids is 1. The zero-order chi connectivity index (χ0) is 20.7. The molecule has 2 rings (SSSR count). The number of esters is 1. The zero-order valence-corrected chi connectivity index (χ0v) is 16.5. The lowest BCUT2D eigenvalue weighted by Gasteiger charge is -2.21. The molecule has 0 fully saturated rings. The molecule has 148 valence electrons. The highest BCUT2D eigenvalue weighted by molar-refractivity contribution is 6.31. The number of nitrogens with zero attached hydrogens (tertiary/aromatic N) is 4. The van der Waals surface area contributed by atoms with Crippen LogP contribution in [0.2, 0.25) is 5.02 Å². The third-order valence-corrected chi connectivity index (χ3v) is 3.77. The van der Waals surface area contributed by atoms with Crippen LogP contribution in [0.4, 0.5) is 0 Å². The van der Waals surface area contributed by atoms with Gasteiger partial charge in [-0.1, -0.05) is 24.3 Å². The van der Waals surface area contributed by atoms with Crippen LogP contribution in [0.1, 0.15) is 43.0 Å². The van der Waals surface area contributed by atoms with Gasteiger partial charge in [-0.05, 0) is 38.1 Å². The van der Waals surface area contributed by atoms with Crippen molar-refractivity contribution in [2.24, 2.45) is 10.7 Å². The van der Waals surface area contributed by atoms with E-state index >= 15 is 0 Å². The number of guanidine groups is 1. The standard InChI is InChI=1S/C18H21ClN6O3/c1-5-11(15-23-14(25-28-15)16(26)27-6-2)10-22-17(20)24-18(3,4)13-12(19)8-7-9-21-13/h5,7-10H,1,6H2,2-4H3,(H3,20,22,24)/b11-10+. The maximum Gasteiger partial charge on any atom is 0.379 e. The highest BCUT2D eigenvalue weighted by Crippen LogP contribution is 2.28. The molecule has 0 atom stereocenters. The Balaban J connectivity index is 2.18. The number of carbonyl (C=O) groups is 1. The lowest BCUT2D eigenvalue weighted by Crippen LogP contribution is -2.32. The molecular formula is C18H21ClN6O3. The zero-order valence-electron chi connectivity index (χ0n) is 15.8. The van der Waals surface area contributed by atoms with Gasteiger partial charge in [-0.15, -0.1) is 0 Å². The molecule has 0 aliphatic heterocycles. The Hall–Kier alpha value is -3.20. The summed E-state index contributed by atoms with van der Waals surface area (Å²) in [7, 11) is 0. The largest absolute Gasteiger partial charge is 0.460 e. The molecule has 0 bridgehead atoms. The van der Waals surface area contributed by atoms with Crippen molar-refractivity contribution >= 4 is 29.1 Å². The van der Waals surface area contributed by atoms with Gasteiger partial charge in [-0.2, -0.15) is 4.98 Å². The summed E-state index contributed by atoms with van der Waals surface area (Å²) in [6, 6.07) is 3.47. The van der Waals surface area contributed by atoms with E-state index in [1.165, 1.54) is 12.3 Å². The first-order valence-electron chi connectivity index (χ1n) is 8.35. The van der Waals surface area contributed by atoms with Gasteiger partial charge < -0.3 is 20.3 Å². The molecule has 0 aliphatic carbocycles. The van der Waals surface area contributed by atoms with Gasteiger partial charge in [0.15, 0.2) is 5.96 Å². The number of rotatable bonds is 7. The van der Waals surface area contributed by atoms with E-state index in [-0.39, 0.29) is 24.3 Å². The van der Waals surface area contributed by atoms with Gasteiger partial charge in [0.2, 0.25) is 0 Å². The summed E-state index contributed by atoms with van der Waals surface area (Å²) >= 11 is 6.19. The number of nitrogens with one attached hydrogen (secondary N) is 1. The number of halogens is 1. The van der Waals surface area contributed by atoms with Crippen LogP contribution in [-0.4, -0.2) is 33.7 Å². The van der Waals surface area contributed by atoms with Crippen molar-refractivity contribution in [2.45, 2.75) is 26.3 Å². The van der Waals surface area contributed by atoms with Gasteiger partial charge in [-0.3, -0.25) is 4.98 Å². The van der Waals surface area contributed by atoms with Crippen molar-refractivity contribution in [2.75, 3.05) is 6.61 Å². The second-order valence-corrected chi connectivity index (χ2v) is 6.39. The smallest absolute Gasteiger partial charge is 0.379 e. The fourth-order valence-electron chi connectivity index (χ4n) is 2.20. The molecule has 9 nitrogen and oxygen atoms in total. The molecule has 2 aromatic heterocycles. The second kappa shape index (κ2) is 9.14. The molecule has 10 heteroatoms. The molecule has 0 radical (unpaired) electrons. The molecule has 2 heterocycles. The Kier molecular flexibility index (Phi) is 6.89. The third-order valence-electron chi connectivity index (χ3n) is 3.46. The van der Waals surface area contributed by atoms with Crippen LogP contribution in [0.25, 0.3) is 5.57 Å². The Bertz CT molecular complexity index is 920. The minimum absolute atomic E-state index is 0.0744. The molecule has 0 spiro atoms. The summed E-state index contributed by atoms with van der Waals surface area (Å²) < 4.78 is 9.87. The Morgan fingerprint density at radius 2 is 2.29 bits per heavy atom. The quantitative estimate of drug-likeness (QED) is 0.312. The Morgan fingerprint density at radius 3 is 2.93 bits per heavy atom. The maximum atomic E-state index is 11.6. The van der Waals surface area contributed by atoms with Crippen molar-refractivity contribution < 1.29 is 14.1 Å². The Labute approximate surface area is 167 Å². The van der Waals surface area contributed by atoms with E-state index in [1.807, 2.05) is 13.8 Å². The summed E-state index contributed by atoms with van der Waals surface area (Å²) in [5.74, 6) is -0.678. The first kappa shape index (κ1) is 21.1. The number of aliphatic imine (C=N–C) groups is 1. The Morgan fingerprint density at radius 1 is 1.54 bits per heavy atom. The molecule has 0 amide bonds. The summed E-state index contributed by atoms with van der Waals surface area (Å²) in [5.41, 5.74) is 6.21. The molecule has 2 aromatic rings. The monoisotopic (exact) mass is 404 g/mol. The molecule has 0 aromatic carbocycles. The van der Waals surface area contributed by atoms with Crippen LogP contribution < -0.4 is 11.1 Å². The van der Waals surface area contributed by atoms with Crippen LogP contribution in [0.15, 0.2) is 46.7 Å². The second-order valence-electron chi connectivity index (χ2n) is 5.98. The highest BCUT2D eigenvalue weighted by Gasteiger charge is 2.24. The maximum absolute atomic E-state index is 11.6. The van der Waals surface area contributed by atoms with Crippen molar-refractivity contribution in [3.63, 3.8) is 0 Å². The third kappa shape index (κ3) is 5.17. The fourth-order valence-corrected chi connectivity index (χ4v) is 2.55. The van der Waals surface area contributed by atoms with Gasteiger partial charge in [0.25, 0.3) is 11.7 Å². The van der Waals surface area contributed by atoms with Crippen LogP contribution >= 0.6 is 11.6 Å². The SMILES string of the molecule is C=C/C(=C\NC(N)=NC(C)(C)c1ncccc1Cl)c1nc(C(=O)OCC)no1. The molecule has 0 unspecified atom stereocenters. The average Bonchev–Trinajstić information content (AvgIpc) is 3.12. The van der Waals surface area contributed by atoms with Crippen molar-refractivity contribution in [1.82, 2.24) is 20.4 Å². The average molecular weight is 405 g/mol. The van der Waals surface area contributed by atoms with E-state index in [1.54, 1.807) is 25.3 Å². The summed E-state index contributed by atoms with van der Waals surface area (Å²) in [6.07, 6.45) is 4.57. The first-order chi connectivity index (χ1) is 13.3. The van der Waals surface area contributed by atoms with Crippen molar-refractivity contribution in [3.05, 3.63) is 59.6 Å². The molecular weight excluding hydrogens is 384 g/mol. The number of nitrogens with two attached hydrogens (primary N) is 1. The number of aromatic nitrogens is 3. The van der Waals surface area contributed by atoms with Gasteiger partial charge in [-0.25, -0.2) is 9.79 Å². The number of hydrogen-bond acceptors (Lipinski definition) is 7. The molecule has 0 saturated heterocycles. The lowest BCUT2D eigenvalue weighted by atomic mass is 10.0.